The van der Waals surface area contributed by atoms with Gasteiger partial charge in [-0.15, -0.1) is 11.5 Å². The number of hydrogen-bond acceptors (Lipinski definition) is 2. The molecule has 0 aromatic heterocycles. The van der Waals surface area contributed by atoms with Crippen LogP contribution in [0, 0.1) is 0 Å². The van der Waals surface area contributed by atoms with Gasteiger partial charge in [-0.1, -0.05) is 117 Å². The van der Waals surface area contributed by atoms with E-state index in [0.717, 1.165) is 31.2 Å². The lowest BCUT2D eigenvalue weighted by molar-refractivity contribution is -0.133. The van der Waals surface area contributed by atoms with Crippen LogP contribution in [0.4, 0.5) is 0 Å². The van der Waals surface area contributed by atoms with Gasteiger partial charge in [-0.2, -0.15) is 0 Å². The predicted molar refractivity (Wildman–Crippen MR) is 174 cm³/mol. The molecule has 6 heteroatoms. The molecule has 0 saturated heterocycles. The van der Waals surface area contributed by atoms with Gasteiger partial charge in [0.2, 0.25) is 0 Å². The van der Waals surface area contributed by atoms with Gasteiger partial charge in [0.1, 0.15) is 0 Å². The van der Waals surface area contributed by atoms with Crippen LogP contribution in [0.2, 0.25) is 0 Å². The molecule has 4 rings (SSSR count). The second-order valence-electron chi connectivity index (χ2n) is 9.25. The molecule has 0 saturated carbocycles. The third-order valence-corrected chi connectivity index (χ3v) is 7.08. The highest BCUT2D eigenvalue weighted by Crippen LogP contribution is 2.15. The van der Waals surface area contributed by atoms with Crippen LogP contribution in [0.15, 0.2) is 153 Å². The summed E-state index contributed by atoms with van der Waals surface area (Å²) in [5.74, 6) is -1.86. The highest BCUT2D eigenvalue weighted by Gasteiger charge is 2.08. The summed E-state index contributed by atoms with van der Waals surface area (Å²) in [4.78, 5) is 22.6. The summed E-state index contributed by atoms with van der Waals surface area (Å²) in [5.41, 5.74) is 10.5. The molecule has 2 N–H and O–H groups in total. The Morgan fingerprint density at radius 2 is 0.857 bits per heavy atom. The molecule has 0 aliphatic rings. The summed E-state index contributed by atoms with van der Waals surface area (Å²) in [7, 11) is 0. The summed E-state index contributed by atoms with van der Waals surface area (Å²) in [6.45, 7) is 0. The van der Waals surface area contributed by atoms with E-state index < -0.39 is 11.9 Å². The van der Waals surface area contributed by atoms with Crippen molar-refractivity contribution in [1.82, 2.24) is 0 Å². The van der Waals surface area contributed by atoms with Crippen molar-refractivity contribution in [2.24, 2.45) is 0 Å². The zero-order valence-corrected chi connectivity index (χ0v) is 26.0. The van der Waals surface area contributed by atoms with Crippen LogP contribution < -0.4 is 0 Å². The first-order valence-electron chi connectivity index (χ1n) is 13.2. The second-order valence-corrected chi connectivity index (χ2v) is 11.1. The van der Waals surface area contributed by atoms with E-state index in [1.807, 2.05) is 109 Å². The van der Waals surface area contributed by atoms with E-state index in [0.29, 0.717) is 25.7 Å². The molecule has 4 aromatic carbocycles. The molecule has 4 nitrogen and oxygen atoms in total. The van der Waals surface area contributed by atoms with Crippen LogP contribution in [0.3, 0.4) is 0 Å². The highest BCUT2D eigenvalue weighted by atomic mass is 79.9. The van der Waals surface area contributed by atoms with Gasteiger partial charge in [-0.25, -0.2) is 9.59 Å². The van der Waals surface area contributed by atoms with Gasteiger partial charge in [0.25, 0.3) is 0 Å². The minimum Gasteiger partial charge on any atom is -0.477 e. The fraction of sp³-hybridized carbons (Fsp3) is 0.111. The molecule has 0 aliphatic heterocycles. The summed E-state index contributed by atoms with van der Waals surface area (Å²) in [5, 5.41) is 18.5. The van der Waals surface area contributed by atoms with Crippen molar-refractivity contribution in [2.45, 2.75) is 25.7 Å². The lowest BCUT2D eigenvalue weighted by Gasteiger charge is -2.01. The van der Waals surface area contributed by atoms with Crippen LogP contribution in [-0.4, -0.2) is 22.2 Å². The Bertz CT molecular complexity index is 1460. The van der Waals surface area contributed by atoms with Crippen LogP contribution in [-0.2, 0) is 35.3 Å². The van der Waals surface area contributed by atoms with E-state index in [4.69, 9.17) is 0 Å². The molecule has 212 valence electrons. The topological polar surface area (TPSA) is 74.6 Å². The molecule has 4 aromatic rings. The molecule has 0 heterocycles. The summed E-state index contributed by atoms with van der Waals surface area (Å²) in [6, 6.07) is 35.1. The van der Waals surface area contributed by atoms with Gasteiger partial charge in [-0.05, 0) is 71.5 Å². The maximum Gasteiger partial charge on any atom is 0.339 e. The average molecular weight is 686 g/mol. The second kappa shape index (κ2) is 17.6. The zero-order chi connectivity index (χ0) is 30.2. The lowest BCUT2D eigenvalue weighted by Crippen LogP contribution is -2.02. The lowest BCUT2D eigenvalue weighted by atomic mass is 10.1. The molecule has 0 unspecified atom stereocenters. The normalized spacial score (nSPS) is 9.76. The van der Waals surface area contributed by atoms with Crippen molar-refractivity contribution >= 4 is 43.8 Å². The molecular formula is C36H30Br2O4. The summed E-state index contributed by atoms with van der Waals surface area (Å²) < 4.78 is 1.96. The Balaban J connectivity index is 0.000000230. The number of carbonyl (C=O) groups is 2. The summed E-state index contributed by atoms with van der Waals surface area (Å²) in [6.07, 6.45) is 5.65. The maximum atomic E-state index is 11.3. The molecule has 0 amide bonds. The van der Waals surface area contributed by atoms with Crippen LogP contribution in [0.1, 0.15) is 22.3 Å². The zero-order valence-electron chi connectivity index (χ0n) is 22.8. The van der Waals surface area contributed by atoms with Gasteiger partial charge in [0, 0.05) is 21.8 Å². The predicted octanol–water partition coefficient (Wildman–Crippen LogP) is 8.80. The van der Waals surface area contributed by atoms with Crippen molar-refractivity contribution in [2.75, 3.05) is 0 Å². The fourth-order valence-electron chi connectivity index (χ4n) is 3.80. The van der Waals surface area contributed by atoms with Gasteiger partial charge in [-0.3, -0.25) is 0 Å². The number of hydrogen-bond donors (Lipinski definition) is 2. The molecule has 42 heavy (non-hydrogen) atoms. The van der Waals surface area contributed by atoms with Gasteiger partial charge in [0.15, 0.2) is 0 Å². The third kappa shape index (κ3) is 12.1. The van der Waals surface area contributed by atoms with Crippen molar-refractivity contribution in [3.63, 3.8) is 0 Å². The molecule has 0 atom stereocenters. The minimum absolute atomic E-state index is 0.272. The first-order chi connectivity index (χ1) is 20.3. The fourth-order valence-corrected chi connectivity index (χ4v) is 4.33. The van der Waals surface area contributed by atoms with E-state index in [9.17, 15) is 19.8 Å². The number of carboxylic acid groups (broad SMARTS) is 2. The van der Waals surface area contributed by atoms with Crippen molar-refractivity contribution in [1.29, 1.82) is 0 Å². The van der Waals surface area contributed by atoms with E-state index in [1.54, 1.807) is 12.2 Å². The van der Waals surface area contributed by atoms with E-state index in [1.165, 1.54) is 0 Å². The molecular weight excluding hydrogens is 656 g/mol. The van der Waals surface area contributed by atoms with Crippen molar-refractivity contribution in [3.8, 4) is 0 Å². The Morgan fingerprint density at radius 1 is 0.524 bits per heavy atom. The van der Waals surface area contributed by atoms with Crippen LogP contribution in [0.5, 0.6) is 0 Å². The van der Waals surface area contributed by atoms with E-state index >= 15 is 0 Å². The Labute approximate surface area is 263 Å². The maximum absolute atomic E-state index is 11.3. The number of rotatable bonds is 10. The Morgan fingerprint density at radius 3 is 1.17 bits per heavy atom. The smallest absolute Gasteiger partial charge is 0.339 e. The SMILES string of the molecule is O=C(O)C(=C=CCc1ccccc1)Cc1ccc(Br)cc1.O=C(O)C(=C=CCc1ccccc1)Cc1ccc(Br)cc1. The van der Waals surface area contributed by atoms with E-state index in [-0.39, 0.29) is 11.1 Å². The first-order valence-corrected chi connectivity index (χ1v) is 14.8. The van der Waals surface area contributed by atoms with E-state index in [2.05, 4.69) is 43.3 Å². The van der Waals surface area contributed by atoms with Gasteiger partial charge < -0.3 is 10.2 Å². The Kier molecular flexibility index (Phi) is 13.5. The number of aliphatic carboxylic acids is 2. The Hall–Kier alpha value is -4.18. The quantitative estimate of drug-likeness (QED) is 0.129. The third-order valence-electron chi connectivity index (χ3n) is 6.02. The average Bonchev–Trinajstić information content (AvgIpc) is 2.99. The molecule has 0 spiro atoms. The first kappa shape index (κ1) is 32.3. The largest absolute Gasteiger partial charge is 0.477 e. The van der Waals surface area contributed by atoms with Gasteiger partial charge >= 0.3 is 11.9 Å². The number of halogens is 2. The van der Waals surface area contributed by atoms with Crippen LogP contribution >= 0.6 is 31.9 Å². The van der Waals surface area contributed by atoms with Crippen molar-refractivity contribution in [3.05, 3.63) is 175 Å². The van der Waals surface area contributed by atoms with Gasteiger partial charge in [0.05, 0.1) is 11.1 Å². The molecule has 0 aliphatic carbocycles. The molecule has 0 radical (unpaired) electrons. The minimum atomic E-state index is -0.928. The standard InChI is InChI=1S/2C18H15BrO2/c2*19-17-11-9-15(10-12-17)13-16(18(20)21)8-4-7-14-5-2-1-3-6-14/h2*1-6,9-12H,7,13H2,(H,20,21). The summed E-state index contributed by atoms with van der Waals surface area (Å²) >= 11 is 6.73. The monoisotopic (exact) mass is 684 g/mol. The molecule has 0 fully saturated rings. The highest BCUT2D eigenvalue weighted by molar-refractivity contribution is 9.10. The number of carboxylic acids is 2. The van der Waals surface area contributed by atoms with Crippen molar-refractivity contribution < 1.29 is 19.8 Å². The number of benzene rings is 4. The molecule has 0 bridgehead atoms. The van der Waals surface area contributed by atoms with Crippen LogP contribution in [0.25, 0.3) is 0 Å².